The van der Waals surface area contributed by atoms with Crippen molar-refractivity contribution in [2.45, 2.75) is 26.7 Å². The Bertz CT molecular complexity index is 289. The SMILES string of the molecule is CCCN(CCC)c1ccc(NCCN)cc1. The molecule has 0 saturated carbocycles. The van der Waals surface area contributed by atoms with Crippen LogP contribution in [0.15, 0.2) is 24.3 Å². The number of benzene rings is 1. The van der Waals surface area contributed by atoms with Crippen LogP contribution in [0, 0.1) is 0 Å². The largest absolute Gasteiger partial charge is 0.384 e. The Morgan fingerprint density at radius 1 is 1.06 bits per heavy atom. The number of hydrogen-bond donors (Lipinski definition) is 2. The minimum Gasteiger partial charge on any atom is -0.384 e. The number of hydrogen-bond acceptors (Lipinski definition) is 3. The van der Waals surface area contributed by atoms with Crippen LogP contribution < -0.4 is 16.0 Å². The van der Waals surface area contributed by atoms with Crippen LogP contribution in [0.5, 0.6) is 0 Å². The molecule has 0 aliphatic rings. The van der Waals surface area contributed by atoms with E-state index < -0.39 is 0 Å². The maximum atomic E-state index is 5.46. The fourth-order valence-corrected chi connectivity index (χ4v) is 1.92. The molecule has 0 fully saturated rings. The van der Waals surface area contributed by atoms with Gasteiger partial charge in [-0.3, -0.25) is 0 Å². The van der Waals surface area contributed by atoms with E-state index in [4.69, 9.17) is 5.73 Å². The van der Waals surface area contributed by atoms with E-state index in [1.54, 1.807) is 0 Å². The summed E-state index contributed by atoms with van der Waals surface area (Å²) >= 11 is 0. The molecule has 0 aliphatic carbocycles. The molecular weight excluding hydrogens is 210 g/mol. The van der Waals surface area contributed by atoms with E-state index in [0.717, 1.165) is 25.3 Å². The predicted octanol–water partition coefficient (Wildman–Crippen LogP) is 2.68. The third-order valence-electron chi connectivity index (χ3n) is 2.69. The van der Waals surface area contributed by atoms with Gasteiger partial charge in [-0.25, -0.2) is 0 Å². The van der Waals surface area contributed by atoms with Crippen molar-refractivity contribution in [1.82, 2.24) is 0 Å². The van der Waals surface area contributed by atoms with Crippen molar-refractivity contribution in [1.29, 1.82) is 0 Å². The Labute approximate surface area is 105 Å². The lowest BCUT2D eigenvalue weighted by atomic mass is 10.2. The second kappa shape index (κ2) is 7.96. The van der Waals surface area contributed by atoms with Crippen LogP contribution in [0.25, 0.3) is 0 Å². The zero-order chi connectivity index (χ0) is 12.5. The topological polar surface area (TPSA) is 41.3 Å². The summed E-state index contributed by atoms with van der Waals surface area (Å²) in [6.45, 7) is 8.19. The number of nitrogens with one attached hydrogen (secondary N) is 1. The average molecular weight is 235 g/mol. The van der Waals surface area contributed by atoms with Crippen molar-refractivity contribution >= 4 is 11.4 Å². The lowest BCUT2D eigenvalue weighted by molar-refractivity contribution is 0.745. The van der Waals surface area contributed by atoms with Gasteiger partial charge in [-0.05, 0) is 37.1 Å². The molecule has 1 aromatic rings. The highest BCUT2D eigenvalue weighted by molar-refractivity contribution is 5.55. The van der Waals surface area contributed by atoms with E-state index in [1.807, 2.05) is 0 Å². The summed E-state index contributed by atoms with van der Waals surface area (Å²) in [5, 5.41) is 3.28. The Hall–Kier alpha value is -1.22. The van der Waals surface area contributed by atoms with Gasteiger partial charge in [-0.15, -0.1) is 0 Å². The molecule has 0 saturated heterocycles. The van der Waals surface area contributed by atoms with E-state index in [9.17, 15) is 0 Å². The zero-order valence-corrected chi connectivity index (χ0v) is 11.1. The van der Waals surface area contributed by atoms with Gasteiger partial charge in [-0.1, -0.05) is 13.8 Å². The Balaban J connectivity index is 2.63. The van der Waals surface area contributed by atoms with Crippen molar-refractivity contribution in [2.75, 3.05) is 36.4 Å². The van der Waals surface area contributed by atoms with Gasteiger partial charge in [0.2, 0.25) is 0 Å². The van der Waals surface area contributed by atoms with Crippen molar-refractivity contribution in [3.8, 4) is 0 Å². The maximum absolute atomic E-state index is 5.46. The normalized spacial score (nSPS) is 10.3. The molecule has 0 spiro atoms. The molecule has 96 valence electrons. The molecule has 0 heterocycles. The quantitative estimate of drug-likeness (QED) is 0.728. The summed E-state index contributed by atoms with van der Waals surface area (Å²) in [5.41, 5.74) is 7.92. The van der Waals surface area contributed by atoms with Gasteiger partial charge in [0, 0.05) is 37.6 Å². The van der Waals surface area contributed by atoms with E-state index in [1.165, 1.54) is 18.5 Å². The monoisotopic (exact) mass is 235 g/mol. The summed E-state index contributed by atoms with van der Waals surface area (Å²) in [6.07, 6.45) is 2.38. The van der Waals surface area contributed by atoms with Gasteiger partial charge in [-0.2, -0.15) is 0 Å². The third-order valence-corrected chi connectivity index (χ3v) is 2.69. The molecule has 0 bridgehead atoms. The molecular formula is C14H25N3. The lowest BCUT2D eigenvalue weighted by Crippen LogP contribution is -2.24. The standard InChI is InChI=1S/C14H25N3/c1-3-11-17(12-4-2)14-7-5-13(6-8-14)16-10-9-15/h5-8,16H,3-4,9-12,15H2,1-2H3. The van der Waals surface area contributed by atoms with Crippen LogP contribution >= 0.6 is 0 Å². The van der Waals surface area contributed by atoms with Crippen LogP contribution in [0.4, 0.5) is 11.4 Å². The molecule has 0 unspecified atom stereocenters. The Kier molecular flexibility index (Phi) is 6.48. The molecule has 0 amide bonds. The molecule has 0 atom stereocenters. The molecule has 3 N–H and O–H groups in total. The van der Waals surface area contributed by atoms with Gasteiger partial charge in [0.25, 0.3) is 0 Å². The van der Waals surface area contributed by atoms with E-state index in [0.29, 0.717) is 6.54 Å². The van der Waals surface area contributed by atoms with Crippen molar-refractivity contribution in [2.24, 2.45) is 5.73 Å². The Morgan fingerprint density at radius 2 is 1.65 bits per heavy atom. The zero-order valence-electron chi connectivity index (χ0n) is 11.1. The highest BCUT2D eigenvalue weighted by Gasteiger charge is 2.03. The average Bonchev–Trinajstić information content (AvgIpc) is 2.37. The smallest absolute Gasteiger partial charge is 0.0367 e. The summed E-state index contributed by atoms with van der Waals surface area (Å²) in [7, 11) is 0. The van der Waals surface area contributed by atoms with Gasteiger partial charge < -0.3 is 16.0 Å². The first-order chi connectivity index (χ1) is 8.31. The molecule has 0 radical (unpaired) electrons. The summed E-state index contributed by atoms with van der Waals surface area (Å²) < 4.78 is 0. The second-order valence-electron chi connectivity index (χ2n) is 4.25. The molecule has 17 heavy (non-hydrogen) atoms. The van der Waals surface area contributed by atoms with Crippen LogP contribution in [-0.2, 0) is 0 Å². The minimum atomic E-state index is 0.666. The molecule has 0 aliphatic heterocycles. The molecule has 1 rings (SSSR count). The second-order valence-corrected chi connectivity index (χ2v) is 4.25. The van der Waals surface area contributed by atoms with Gasteiger partial charge in [0.1, 0.15) is 0 Å². The van der Waals surface area contributed by atoms with E-state index in [2.05, 4.69) is 48.3 Å². The van der Waals surface area contributed by atoms with Crippen LogP contribution in [-0.4, -0.2) is 26.2 Å². The number of anilines is 2. The number of nitrogens with two attached hydrogens (primary N) is 1. The molecule has 0 aromatic heterocycles. The molecule has 3 heteroatoms. The van der Waals surface area contributed by atoms with E-state index >= 15 is 0 Å². The van der Waals surface area contributed by atoms with Crippen LogP contribution in [0.3, 0.4) is 0 Å². The predicted molar refractivity (Wildman–Crippen MR) is 76.8 cm³/mol. The third kappa shape index (κ3) is 4.65. The summed E-state index contributed by atoms with van der Waals surface area (Å²) in [6, 6.07) is 8.63. The lowest BCUT2D eigenvalue weighted by Gasteiger charge is -2.24. The Morgan fingerprint density at radius 3 is 2.12 bits per heavy atom. The van der Waals surface area contributed by atoms with Crippen molar-refractivity contribution < 1.29 is 0 Å². The van der Waals surface area contributed by atoms with Gasteiger partial charge in [0.05, 0.1) is 0 Å². The van der Waals surface area contributed by atoms with E-state index in [-0.39, 0.29) is 0 Å². The molecule has 3 nitrogen and oxygen atoms in total. The summed E-state index contributed by atoms with van der Waals surface area (Å²) in [4.78, 5) is 2.44. The van der Waals surface area contributed by atoms with Crippen molar-refractivity contribution in [3.05, 3.63) is 24.3 Å². The maximum Gasteiger partial charge on any atom is 0.0367 e. The van der Waals surface area contributed by atoms with Crippen molar-refractivity contribution in [3.63, 3.8) is 0 Å². The van der Waals surface area contributed by atoms with Gasteiger partial charge in [0.15, 0.2) is 0 Å². The summed E-state index contributed by atoms with van der Waals surface area (Å²) in [5.74, 6) is 0. The van der Waals surface area contributed by atoms with Crippen LogP contribution in [0.2, 0.25) is 0 Å². The highest BCUT2D eigenvalue weighted by Crippen LogP contribution is 2.18. The van der Waals surface area contributed by atoms with Gasteiger partial charge >= 0.3 is 0 Å². The van der Waals surface area contributed by atoms with Crippen LogP contribution in [0.1, 0.15) is 26.7 Å². The number of rotatable bonds is 8. The molecule has 1 aromatic carbocycles. The first-order valence-corrected chi connectivity index (χ1v) is 6.60. The first-order valence-electron chi connectivity index (χ1n) is 6.60. The first kappa shape index (κ1) is 13.8. The highest BCUT2D eigenvalue weighted by atomic mass is 15.1. The number of nitrogens with zero attached hydrogens (tertiary/aromatic N) is 1. The fourth-order valence-electron chi connectivity index (χ4n) is 1.92. The minimum absolute atomic E-state index is 0.666. The fraction of sp³-hybridized carbons (Fsp3) is 0.571.